The first-order chi connectivity index (χ1) is 16.0. The molecular weight excluding hydrogens is 426 g/mol. The molecule has 1 unspecified atom stereocenters. The summed E-state index contributed by atoms with van der Waals surface area (Å²) in [5.74, 6) is 1.09. The molecule has 0 aliphatic carbocycles. The first-order valence-corrected chi connectivity index (χ1v) is 10.4. The van der Waals surface area contributed by atoms with E-state index in [0.717, 1.165) is 11.1 Å². The number of alkyl carbamates (subject to hydrolysis) is 1. The number of urea groups is 1. The highest BCUT2D eigenvalue weighted by atomic mass is 16.6. The second-order valence-electron chi connectivity index (χ2n) is 7.09. The van der Waals surface area contributed by atoms with Crippen LogP contribution in [0, 0.1) is 0 Å². The van der Waals surface area contributed by atoms with Gasteiger partial charge in [0.15, 0.2) is 12.2 Å². The van der Waals surface area contributed by atoms with Gasteiger partial charge in [-0.25, -0.2) is 14.6 Å². The highest BCUT2D eigenvalue weighted by molar-refractivity contribution is 6.00. The Hall–Kier alpha value is -4.05. The summed E-state index contributed by atoms with van der Waals surface area (Å²) in [6.45, 7) is 2.41. The molecule has 2 aromatic carbocycles. The molecule has 1 atom stereocenters. The molecule has 1 aromatic heterocycles. The van der Waals surface area contributed by atoms with Gasteiger partial charge in [-0.15, -0.1) is 0 Å². The molecule has 5 N–H and O–H groups in total. The van der Waals surface area contributed by atoms with Gasteiger partial charge in [0.2, 0.25) is 0 Å². The number of nitrogens with zero attached hydrogens (tertiary/aromatic N) is 1. The van der Waals surface area contributed by atoms with Crippen molar-refractivity contribution >= 4 is 23.5 Å². The Labute approximate surface area is 191 Å². The molecule has 0 spiro atoms. The first-order valence-electron chi connectivity index (χ1n) is 10.4. The molecule has 1 heterocycles. The summed E-state index contributed by atoms with van der Waals surface area (Å²) in [5, 5.41) is 8.21. The van der Waals surface area contributed by atoms with Gasteiger partial charge in [-0.3, -0.25) is 0 Å². The summed E-state index contributed by atoms with van der Waals surface area (Å²) in [6.07, 6.45) is 2.71. The van der Waals surface area contributed by atoms with Crippen molar-refractivity contribution in [2.45, 2.75) is 26.0 Å². The minimum Gasteiger partial charge on any atom is -0.496 e. The number of carbonyl (C=O) groups is 2. The monoisotopic (exact) mass is 453 g/mol. The smallest absolute Gasteiger partial charge is 0.407 e. The van der Waals surface area contributed by atoms with Crippen molar-refractivity contribution in [3.8, 4) is 17.1 Å². The highest BCUT2D eigenvalue weighted by Crippen LogP contribution is 2.32. The van der Waals surface area contributed by atoms with Crippen LogP contribution >= 0.6 is 0 Å². The van der Waals surface area contributed by atoms with Crippen LogP contribution in [0.4, 0.5) is 21.0 Å². The third-order valence-corrected chi connectivity index (χ3v) is 4.77. The fourth-order valence-electron chi connectivity index (χ4n) is 3.04. The highest BCUT2D eigenvalue weighted by Gasteiger charge is 2.12. The predicted octanol–water partition coefficient (Wildman–Crippen LogP) is 3.96. The molecule has 0 saturated heterocycles. The zero-order valence-electron chi connectivity index (χ0n) is 18.5. The van der Waals surface area contributed by atoms with E-state index in [0.29, 0.717) is 29.3 Å². The number of benzene rings is 2. The summed E-state index contributed by atoms with van der Waals surface area (Å²) >= 11 is 0. The number of ether oxygens (including phenoxy) is 2. The van der Waals surface area contributed by atoms with Gasteiger partial charge in [-0.2, -0.15) is 0 Å². The minimum absolute atomic E-state index is 0.247. The predicted molar refractivity (Wildman–Crippen MR) is 124 cm³/mol. The van der Waals surface area contributed by atoms with E-state index in [9.17, 15) is 9.59 Å². The molecule has 0 bridgehead atoms. The fraction of sp³-hybridized carbons (Fsp3) is 0.261. The van der Waals surface area contributed by atoms with Crippen molar-refractivity contribution in [1.82, 2.24) is 10.3 Å². The molecule has 0 aliphatic rings. The van der Waals surface area contributed by atoms with Crippen molar-refractivity contribution in [2.24, 2.45) is 5.73 Å². The average Bonchev–Trinajstić information content (AvgIpc) is 3.36. The number of carbonyl (C=O) groups excluding carboxylic acids is 2. The van der Waals surface area contributed by atoms with E-state index < -0.39 is 12.1 Å². The van der Waals surface area contributed by atoms with Crippen molar-refractivity contribution in [3.63, 3.8) is 0 Å². The number of nitrogens with two attached hydrogens (primary N) is 1. The molecule has 0 fully saturated rings. The molecule has 33 heavy (non-hydrogen) atoms. The Morgan fingerprint density at radius 1 is 1.15 bits per heavy atom. The molecular formula is C23H27N5O5. The lowest BCUT2D eigenvalue weighted by atomic mass is 10.1. The van der Waals surface area contributed by atoms with Crippen molar-refractivity contribution in [2.75, 3.05) is 24.3 Å². The largest absolute Gasteiger partial charge is 0.496 e. The van der Waals surface area contributed by atoms with Gasteiger partial charge in [0.05, 0.1) is 18.9 Å². The normalized spacial score (nSPS) is 11.4. The Bertz CT molecular complexity index is 1070. The zero-order valence-corrected chi connectivity index (χ0v) is 18.5. The lowest BCUT2D eigenvalue weighted by molar-refractivity contribution is 0.0989. The quantitative estimate of drug-likeness (QED) is 0.384. The van der Waals surface area contributed by atoms with Crippen LogP contribution in [-0.4, -0.2) is 36.9 Å². The first kappa shape index (κ1) is 23.6. The SMILES string of the molecule is CCC(CN)OC(=O)NCc1cccc(NC(=O)Nc2ccc(-c3cnco3)c(OC)c2)c1. The maximum atomic E-state index is 12.5. The van der Waals surface area contributed by atoms with E-state index >= 15 is 0 Å². The third kappa shape index (κ3) is 6.71. The summed E-state index contributed by atoms with van der Waals surface area (Å²) in [6, 6.07) is 11.9. The second-order valence-corrected chi connectivity index (χ2v) is 7.09. The lowest BCUT2D eigenvalue weighted by Gasteiger charge is -2.15. The van der Waals surface area contributed by atoms with E-state index in [1.807, 2.05) is 13.0 Å². The van der Waals surface area contributed by atoms with Gasteiger partial charge in [0, 0.05) is 30.5 Å². The molecule has 3 aromatic rings. The maximum absolute atomic E-state index is 12.5. The Balaban J connectivity index is 1.57. The molecule has 3 rings (SSSR count). The van der Waals surface area contributed by atoms with Crippen LogP contribution < -0.4 is 26.4 Å². The van der Waals surface area contributed by atoms with Crippen LogP contribution in [0.3, 0.4) is 0 Å². The number of nitrogens with one attached hydrogen (secondary N) is 3. The molecule has 3 amide bonds. The maximum Gasteiger partial charge on any atom is 0.407 e. The van der Waals surface area contributed by atoms with Crippen LogP contribution in [0.15, 0.2) is 59.5 Å². The molecule has 0 aliphatic heterocycles. The summed E-state index contributed by atoms with van der Waals surface area (Å²) in [5.41, 5.74) is 8.16. The van der Waals surface area contributed by atoms with Gasteiger partial charge in [0.1, 0.15) is 11.9 Å². The topological polar surface area (TPSA) is 141 Å². The number of hydrogen-bond donors (Lipinski definition) is 4. The van der Waals surface area contributed by atoms with Gasteiger partial charge < -0.3 is 35.6 Å². The van der Waals surface area contributed by atoms with Gasteiger partial charge >= 0.3 is 12.1 Å². The van der Waals surface area contributed by atoms with Gasteiger partial charge in [-0.05, 0) is 36.2 Å². The second kappa shape index (κ2) is 11.5. The number of oxazole rings is 1. The minimum atomic E-state index is -0.536. The van der Waals surface area contributed by atoms with E-state index in [1.165, 1.54) is 13.5 Å². The van der Waals surface area contributed by atoms with Crippen molar-refractivity contribution < 1.29 is 23.5 Å². The summed E-state index contributed by atoms with van der Waals surface area (Å²) in [7, 11) is 1.53. The third-order valence-electron chi connectivity index (χ3n) is 4.77. The van der Waals surface area contributed by atoms with E-state index in [2.05, 4.69) is 20.9 Å². The molecule has 10 heteroatoms. The van der Waals surface area contributed by atoms with Crippen LogP contribution in [0.2, 0.25) is 0 Å². The number of hydrogen-bond acceptors (Lipinski definition) is 7. The Morgan fingerprint density at radius 3 is 2.61 bits per heavy atom. The molecule has 174 valence electrons. The van der Waals surface area contributed by atoms with E-state index in [1.54, 1.807) is 42.6 Å². The Morgan fingerprint density at radius 2 is 1.94 bits per heavy atom. The van der Waals surface area contributed by atoms with Crippen LogP contribution in [-0.2, 0) is 11.3 Å². The Kier molecular flexibility index (Phi) is 8.25. The molecule has 10 nitrogen and oxygen atoms in total. The lowest BCUT2D eigenvalue weighted by Crippen LogP contribution is -2.32. The number of anilines is 2. The van der Waals surface area contributed by atoms with E-state index in [4.69, 9.17) is 19.6 Å². The number of aromatic nitrogens is 1. The standard InChI is InChI=1S/C23H27N5O5/c1-3-18(11-24)33-23(30)26-12-15-5-4-6-16(9-15)27-22(29)28-17-7-8-19(20(10-17)31-2)21-13-25-14-32-21/h4-10,13-14,18H,3,11-12,24H2,1-2H3,(H,26,30)(H2,27,28,29). The fourth-order valence-corrected chi connectivity index (χ4v) is 3.04. The molecule has 0 radical (unpaired) electrons. The average molecular weight is 453 g/mol. The van der Waals surface area contributed by atoms with Crippen LogP contribution in [0.1, 0.15) is 18.9 Å². The van der Waals surface area contributed by atoms with Crippen molar-refractivity contribution in [1.29, 1.82) is 0 Å². The number of rotatable bonds is 9. The number of methoxy groups -OCH3 is 1. The van der Waals surface area contributed by atoms with Gasteiger partial charge in [-0.1, -0.05) is 19.1 Å². The van der Waals surface area contributed by atoms with Crippen LogP contribution in [0.5, 0.6) is 5.75 Å². The number of amides is 3. The van der Waals surface area contributed by atoms with Crippen LogP contribution in [0.25, 0.3) is 11.3 Å². The van der Waals surface area contributed by atoms with E-state index in [-0.39, 0.29) is 19.2 Å². The zero-order chi connectivity index (χ0) is 23.6. The molecule has 0 saturated carbocycles. The van der Waals surface area contributed by atoms with Crippen molar-refractivity contribution in [3.05, 3.63) is 60.6 Å². The van der Waals surface area contributed by atoms with Gasteiger partial charge in [0.25, 0.3) is 0 Å². The summed E-state index contributed by atoms with van der Waals surface area (Å²) in [4.78, 5) is 28.2. The summed E-state index contributed by atoms with van der Waals surface area (Å²) < 4.78 is 15.9.